The average Bonchev–Trinajstić information content (AvgIpc) is 2.07. The fourth-order valence-electron chi connectivity index (χ4n) is 1.54. The number of hydrogen-bond donors (Lipinski definition) is 1. The molecule has 0 saturated carbocycles. The highest BCUT2D eigenvalue weighted by Crippen LogP contribution is 2.10. The summed E-state index contributed by atoms with van der Waals surface area (Å²) in [7, 11) is 0. The van der Waals surface area contributed by atoms with Crippen molar-refractivity contribution in [3.63, 3.8) is 0 Å². The Morgan fingerprint density at radius 3 is 3.00 bits per heavy atom. The number of hydrogen-bond acceptors (Lipinski definition) is 1. The van der Waals surface area contributed by atoms with Crippen molar-refractivity contribution in [1.82, 2.24) is 5.32 Å². The second-order valence-electron chi connectivity index (χ2n) is 3.11. The van der Waals surface area contributed by atoms with Crippen molar-refractivity contribution in [2.75, 3.05) is 6.54 Å². The topological polar surface area (TPSA) is 12.0 Å². The van der Waals surface area contributed by atoms with Crippen LogP contribution >= 0.6 is 0 Å². The van der Waals surface area contributed by atoms with Crippen LogP contribution in [-0.4, -0.2) is 12.6 Å². The molecule has 1 unspecified atom stereocenters. The summed E-state index contributed by atoms with van der Waals surface area (Å²) in [6.45, 7) is 3.12. The Bertz CT molecular complexity index is 146. The zero-order chi connectivity index (χ0) is 7.94. The maximum atomic E-state index is 3.51. The molecule has 0 aromatic carbocycles. The normalized spacial score (nSPS) is 23.9. The monoisotopic (exact) mass is 151 g/mol. The number of nitrogens with one attached hydrogen (secondary N) is 1. The zero-order valence-electron chi connectivity index (χ0n) is 7.32. The van der Waals surface area contributed by atoms with E-state index in [2.05, 4.69) is 17.2 Å². The highest BCUT2D eigenvalue weighted by atomic mass is 14.9. The second kappa shape index (κ2) is 5.21. The molecule has 1 fully saturated rings. The predicted octanol–water partition coefficient (Wildman–Crippen LogP) is 1.93. The molecule has 0 aliphatic carbocycles. The molecule has 1 atom stereocenters. The summed E-state index contributed by atoms with van der Waals surface area (Å²) in [6.07, 6.45) is 6.41. The Kier molecular flexibility index (Phi) is 4.08. The van der Waals surface area contributed by atoms with Crippen molar-refractivity contribution >= 4 is 0 Å². The lowest BCUT2D eigenvalue weighted by Crippen LogP contribution is -2.33. The predicted molar refractivity (Wildman–Crippen MR) is 48.3 cm³/mol. The molecule has 0 aromatic heterocycles. The third kappa shape index (κ3) is 3.43. The van der Waals surface area contributed by atoms with Crippen molar-refractivity contribution in [3.8, 4) is 11.8 Å². The molecule has 0 spiro atoms. The minimum absolute atomic E-state index is 0.754. The average molecular weight is 151 g/mol. The standard InChI is InChI=1S/C10H17N/c1-2-3-4-7-10-8-5-6-9-11-10/h10-11H,4-9H2,1H3. The van der Waals surface area contributed by atoms with Gasteiger partial charge in [-0.1, -0.05) is 6.42 Å². The minimum Gasteiger partial charge on any atom is -0.314 e. The summed E-state index contributed by atoms with van der Waals surface area (Å²) in [4.78, 5) is 0. The molecule has 1 N–H and O–H groups in total. The lowest BCUT2D eigenvalue weighted by atomic mass is 10.0. The first-order chi connectivity index (χ1) is 5.43. The Labute approximate surface area is 69.6 Å². The highest BCUT2D eigenvalue weighted by Gasteiger charge is 2.10. The van der Waals surface area contributed by atoms with Gasteiger partial charge in [0, 0.05) is 12.5 Å². The zero-order valence-corrected chi connectivity index (χ0v) is 7.32. The van der Waals surface area contributed by atoms with Crippen LogP contribution < -0.4 is 5.32 Å². The van der Waals surface area contributed by atoms with Crippen molar-refractivity contribution in [2.45, 2.75) is 45.1 Å². The van der Waals surface area contributed by atoms with Crippen LogP contribution in [0.1, 0.15) is 39.0 Å². The third-order valence-electron chi connectivity index (χ3n) is 2.21. The van der Waals surface area contributed by atoms with Crippen LogP contribution in [0.25, 0.3) is 0 Å². The fourth-order valence-corrected chi connectivity index (χ4v) is 1.54. The SMILES string of the molecule is CC#CCCC1CCCCN1. The fraction of sp³-hybridized carbons (Fsp3) is 0.800. The molecule has 1 heterocycles. The molecule has 1 aliphatic heterocycles. The maximum absolute atomic E-state index is 3.51. The summed E-state index contributed by atoms with van der Waals surface area (Å²) in [5.74, 6) is 6.04. The Balaban J connectivity index is 2.08. The lowest BCUT2D eigenvalue weighted by Gasteiger charge is -2.22. The Morgan fingerprint density at radius 2 is 2.36 bits per heavy atom. The summed E-state index contributed by atoms with van der Waals surface area (Å²) >= 11 is 0. The van der Waals surface area contributed by atoms with Crippen LogP contribution in [0.5, 0.6) is 0 Å². The smallest absolute Gasteiger partial charge is 0.0103 e. The van der Waals surface area contributed by atoms with Crippen LogP contribution in [0.3, 0.4) is 0 Å². The molecular formula is C10H17N. The minimum atomic E-state index is 0.754. The molecule has 1 heteroatoms. The molecule has 0 amide bonds. The van der Waals surface area contributed by atoms with Gasteiger partial charge in [-0.25, -0.2) is 0 Å². The first-order valence-corrected chi connectivity index (χ1v) is 4.56. The number of piperidine rings is 1. The molecule has 0 bridgehead atoms. The Hall–Kier alpha value is -0.480. The van der Waals surface area contributed by atoms with E-state index in [1.165, 1.54) is 32.2 Å². The van der Waals surface area contributed by atoms with Gasteiger partial charge in [0.1, 0.15) is 0 Å². The third-order valence-corrected chi connectivity index (χ3v) is 2.21. The van der Waals surface area contributed by atoms with E-state index in [-0.39, 0.29) is 0 Å². The molecule has 1 rings (SSSR count). The Morgan fingerprint density at radius 1 is 1.45 bits per heavy atom. The van der Waals surface area contributed by atoms with Gasteiger partial charge >= 0.3 is 0 Å². The van der Waals surface area contributed by atoms with Crippen LogP contribution in [0.4, 0.5) is 0 Å². The molecule has 1 aliphatic rings. The molecule has 0 radical (unpaired) electrons. The lowest BCUT2D eigenvalue weighted by molar-refractivity contribution is 0.386. The van der Waals surface area contributed by atoms with Gasteiger partial charge in [0.15, 0.2) is 0 Å². The van der Waals surface area contributed by atoms with Crippen molar-refractivity contribution in [2.24, 2.45) is 0 Å². The quantitative estimate of drug-likeness (QED) is 0.595. The van der Waals surface area contributed by atoms with Crippen LogP contribution in [0.2, 0.25) is 0 Å². The second-order valence-corrected chi connectivity index (χ2v) is 3.11. The summed E-state index contributed by atoms with van der Waals surface area (Å²) in [5.41, 5.74) is 0. The van der Waals surface area contributed by atoms with Gasteiger partial charge in [-0.3, -0.25) is 0 Å². The van der Waals surface area contributed by atoms with Gasteiger partial charge in [0.2, 0.25) is 0 Å². The van der Waals surface area contributed by atoms with Gasteiger partial charge in [-0.2, -0.15) is 0 Å². The van der Waals surface area contributed by atoms with E-state index in [0.29, 0.717) is 0 Å². The molecule has 1 saturated heterocycles. The van der Waals surface area contributed by atoms with E-state index in [4.69, 9.17) is 0 Å². The van der Waals surface area contributed by atoms with Gasteiger partial charge in [0.05, 0.1) is 0 Å². The van der Waals surface area contributed by atoms with E-state index in [1.54, 1.807) is 0 Å². The molecule has 1 nitrogen and oxygen atoms in total. The largest absolute Gasteiger partial charge is 0.314 e. The summed E-state index contributed by atoms with van der Waals surface area (Å²) < 4.78 is 0. The first-order valence-electron chi connectivity index (χ1n) is 4.56. The van der Waals surface area contributed by atoms with E-state index in [1.807, 2.05) is 6.92 Å². The van der Waals surface area contributed by atoms with Crippen LogP contribution in [-0.2, 0) is 0 Å². The number of rotatable bonds is 2. The van der Waals surface area contributed by atoms with E-state index in [0.717, 1.165) is 12.5 Å². The van der Waals surface area contributed by atoms with Crippen LogP contribution in [0.15, 0.2) is 0 Å². The molecule has 11 heavy (non-hydrogen) atoms. The molecular weight excluding hydrogens is 134 g/mol. The molecule has 0 aromatic rings. The van der Waals surface area contributed by atoms with Gasteiger partial charge in [-0.15, -0.1) is 11.8 Å². The van der Waals surface area contributed by atoms with Crippen molar-refractivity contribution in [1.29, 1.82) is 0 Å². The van der Waals surface area contributed by atoms with Crippen LogP contribution in [0, 0.1) is 11.8 Å². The van der Waals surface area contributed by atoms with Crippen molar-refractivity contribution in [3.05, 3.63) is 0 Å². The van der Waals surface area contributed by atoms with Gasteiger partial charge < -0.3 is 5.32 Å². The van der Waals surface area contributed by atoms with Gasteiger partial charge in [-0.05, 0) is 32.7 Å². The highest BCUT2D eigenvalue weighted by molar-refractivity contribution is 4.95. The van der Waals surface area contributed by atoms with Gasteiger partial charge in [0.25, 0.3) is 0 Å². The first kappa shape index (κ1) is 8.62. The van der Waals surface area contributed by atoms with E-state index in [9.17, 15) is 0 Å². The van der Waals surface area contributed by atoms with E-state index >= 15 is 0 Å². The van der Waals surface area contributed by atoms with E-state index < -0.39 is 0 Å². The van der Waals surface area contributed by atoms with Crippen molar-refractivity contribution < 1.29 is 0 Å². The summed E-state index contributed by atoms with van der Waals surface area (Å²) in [6, 6.07) is 0.754. The maximum Gasteiger partial charge on any atom is 0.0103 e. The molecule has 62 valence electrons. The summed E-state index contributed by atoms with van der Waals surface area (Å²) in [5, 5.41) is 3.51.